The molecular formula is C11H7F3N4O. The number of halogens is 3. The van der Waals surface area contributed by atoms with Crippen LogP contribution in [0.5, 0.6) is 0 Å². The zero-order chi connectivity index (χ0) is 13.8. The van der Waals surface area contributed by atoms with Gasteiger partial charge in [-0.25, -0.2) is 4.98 Å². The summed E-state index contributed by atoms with van der Waals surface area (Å²) in [6, 6.07) is 1.79. The Kier molecular flexibility index (Phi) is 2.19. The zero-order valence-electron chi connectivity index (χ0n) is 9.62. The molecule has 0 atom stereocenters. The monoisotopic (exact) mass is 268 g/mol. The molecule has 0 aliphatic carbocycles. The van der Waals surface area contributed by atoms with Gasteiger partial charge in [-0.3, -0.25) is 4.79 Å². The number of hydrogen-bond acceptors (Lipinski definition) is 3. The molecule has 0 radical (unpaired) electrons. The highest BCUT2D eigenvalue weighted by Gasteiger charge is 2.41. The summed E-state index contributed by atoms with van der Waals surface area (Å²) in [5.41, 5.74) is 0.658. The average Bonchev–Trinajstić information content (AvgIpc) is 2.87. The maximum atomic E-state index is 12.4. The standard InChI is InChI=1S/C11H7F3N4O/c1-5-2-6-3-15-10-7(8(19)11(12,13)14)4-16-18(10)9(6)17-5/h2-4,17H,1H3. The number of alkyl halides is 3. The molecule has 0 amide bonds. The van der Waals surface area contributed by atoms with E-state index in [0.717, 1.165) is 11.9 Å². The molecule has 19 heavy (non-hydrogen) atoms. The van der Waals surface area contributed by atoms with E-state index in [1.54, 1.807) is 13.0 Å². The molecule has 3 heterocycles. The quantitative estimate of drug-likeness (QED) is 0.688. The molecule has 0 spiro atoms. The van der Waals surface area contributed by atoms with Crippen molar-refractivity contribution in [3.63, 3.8) is 0 Å². The number of rotatable bonds is 1. The third-order valence-electron chi connectivity index (χ3n) is 2.74. The zero-order valence-corrected chi connectivity index (χ0v) is 9.62. The van der Waals surface area contributed by atoms with Crippen LogP contribution in [0.25, 0.3) is 16.7 Å². The van der Waals surface area contributed by atoms with Crippen LogP contribution in [-0.4, -0.2) is 31.5 Å². The SMILES string of the molecule is Cc1cc2cnc3c(C(=O)C(F)(F)F)cnn3c2[nH]1. The molecular weight excluding hydrogens is 261 g/mol. The average molecular weight is 268 g/mol. The first-order valence-corrected chi connectivity index (χ1v) is 5.31. The maximum absolute atomic E-state index is 12.4. The van der Waals surface area contributed by atoms with Gasteiger partial charge in [0.2, 0.25) is 0 Å². The van der Waals surface area contributed by atoms with Crippen molar-refractivity contribution in [2.24, 2.45) is 0 Å². The van der Waals surface area contributed by atoms with E-state index in [9.17, 15) is 18.0 Å². The largest absolute Gasteiger partial charge is 0.455 e. The molecule has 3 aromatic heterocycles. The van der Waals surface area contributed by atoms with Gasteiger partial charge in [0.25, 0.3) is 5.78 Å². The summed E-state index contributed by atoms with van der Waals surface area (Å²) in [6.07, 6.45) is -2.65. The summed E-state index contributed by atoms with van der Waals surface area (Å²) in [7, 11) is 0. The topological polar surface area (TPSA) is 63.1 Å². The lowest BCUT2D eigenvalue weighted by Crippen LogP contribution is -2.22. The van der Waals surface area contributed by atoms with Crippen molar-refractivity contribution >= 4 is 22.5 Å². The Morgan fingerprint density at radius 1 is 1.37 bits per heavy atom. The van der Waals surface area contributed by atoms with Gasteiger partial charge in [0, 0.05) is 17.3 Å². The Bertz CT molecular complexity index is 799. The van der Waals surface area contributed by atoms with Crippen molar-refractivity contribution < 1.29 is 18.0 Å². The lowest BCUT2D eigenvalue weighted by Gasteiger charge is -2.02. The number of hydrogen-bond donors (Lipinski definition) is 1. The molecule has 0 saturated carbocycles. The van der Waals surface area contributed by atoms with Crippen LogP contribution in [0, 0.1) is 6.92 Å². The van der Waals surface area contributed by atoms with Gasteiger partial charge in [-0.15, -0.1) is 0 Å². The van der Waals surface area contributed by atoms with E-state index >= 15 is 0 Å². The Balaban J connectivity index is 2.30. The molecule has 8 heteroatoms. The van der Waals surface area contributed by atoms with Crippen LogP contribution in [0.1, 0.15) is 16.1 Å². The minimum atomic E-state index is -4.94. The summed E-state index contributed by atoms with van der Waals surface area (Å²) in [5, 5.41) is 4.50. The number of aromatic nitrogens is 4. The fourth-order valence-electron chi connectivity index (χ4n) is 1.94. The van der Waals surface area contributed by atoms with Crippen molar-refractivity contribution in [2.75, 3.05) is 0 Å². The number of aromatic amines is 1. The second kappa shape index (κ2) is 3.56. The van der Waals surface area contributed by atoms with E-state index in [1.807, 2.05) is 0 Å². The van der Waals surface area contributed by atoms with Gasteiger partial charge in [-0.2, -0.15) is 22.8 Å². The fourth-order valence-corrected chi connectivity index (χ4v) is 1.94. The molecule has 0 unspecified atom stereocenters. The molecule has 3 rings (SSSR count). The molecule has 0 aromatic carbocycles. The minimum absolute atomic E-state index is 0.114. The molecule has 0 aliphatic rings. The number of Topliss-reactive ketones (excluding diaryl/α,β-unsaturated/α-hetero) is 1. The number of ketones is 1. The van der Waals surface area contributed by atoms with Gasteiger partial charge < -0.3 is 4.98 Å². The third-order valence-corrected chi connectivity index (χ3v) is 2.74. The van der Waals surface area contributed by atoms with Crippen molar-refractivity contribution in [3.8, 4) is 0 Å². The van der Waals surface area contributed by atoms with Crippen LogP contribution < -0.4 is 0 Å². The van der Waals surface area contributed by atoms with E-state index in [4.69, 9.17) is 0 Å². The van der Waals surface area contributed by atoms with E-state index in [0.29, 0.717) is 11.0 Å². The molecule has 1 N–H and O–H groups in total. The number of nitrogens with zero attached hydrogens (tertiary/aromatic N) is 3. The normalized spacial score (nSPS) is 12.4. The predicted octanol–water partition coefficient (Wildman–Crippen LogP) is 2.26. The number of fused-ring (bicyclic) bond motifs is 3. The Morgan fingerprint density at radius 2 is 2.11 bits per heavy atom. The Labute approximate surface area is 104 Å². The highest BCUT2D eigenvalue weighted by molar-refractivity contribution is 6.05. The van der Waals surface area contributed by atoms with Gasteiger partial charge in [-0.1, -0.05) is 0 Å². The molecule has 0 aliphatic heterocycles. The Morgan fingerprint density at radius 3 is 2.79 bits per heavy atom. The molecule has 3 aromatic rings. The summed E-state index contributed by atoms with van der Waals surface area (Å²) in [6.45, 7) is 1.80. The van der Waals surface area contributed by atoms with Crippen molar-refractivity contribution in [1.82, 2.24) is 19.6 Å². The fraction of sp³-hybridized carbons (Fsp3) is 0.182. The molecule has 0 saturated heterocycles. The maximum Gasteiger partial charge on any atom is 0.455 e. The molecule has 5 nitrogen and oxygen atoms in total. The number of H-pyrrole nitrogens is 1. The summed E-state index contributed by atoms with van der Waals surface area (Å²) < 4.78 is 38.5. The van der Waals surface area contributed by atoms with Gasteiger partial charge in [0.15, 0.2) is 5.65 Å². The number of carbonyl (C=O) groups is 1. The second-order valence-electron chi connectivity index (χ2n) is 4.14. The second-order valence-corrected chi connectivity index (χ2v) is 4.14. The lowest BCUT2D eigenvalue weighted by atomic mass is 10.2. The summed E-state index contributed by atoms with van der Waals surface area (Å²) in [5.74, 6) is -1.95. The van der Waals surface area contributed by atoms with Crippen LogP contribution in [0.3, 0.4) is 0 Å². The molecule has 0 fully saturated rings. The van der Waals surface area contributed by atoms with E-state index in [-0.39, 0.29) is 5.65 Å². The lowest BCUT2D eigenvalue weighted by molar-refractivity contribution is -0.0884. The number of aryl methyl sites for hydroxylation is 1. The van der Waals surface area contributed by atoms with Gasteiger partial charge in [0.05, 0.1) is 11.8 Å². The number of nitrogens with one attached hydrogen (secondary N) is 1. The first-order valence-electron chi connectivity index (χ1n) is 5.31. The van der Waals surface area contributed by atoms with Crippen LogP contribution in [0.2, 0.25) is 0 Å². The van der Waals surface area contributed by atoms with Crippen LogP contribution in [0.4, 0.5) is 13.2 Å². The molecule has 0 bridgehead atoms. The van der Waals surface area contributed by atoms with E-state index < -0.39 is 17.5 Å². The minimum Gasteiger partial charge on any atom is -0.343 e. The molecule has 98 valence electrons. The van der Waals surface area contributed by atoms with Gasteiger partial charge in [0.1, 0.15) is 5.65 Å². The summed E-state index contributed by atoms with van der Waals surface area (Å²) in [4.78, 5) is 18.1. The third kappa shape index (κ3) is 1.67. The van der Waals surface area contributed by atoms with Gasteiger partial charge >= 0.3 is 6.18 Å². The van der Waals surface area contributed by atoms with Crippen molar-refractivity contribution in [1.29, 1.82) is 0 Å². The van der Waals surface area contributed by atoms with Gasteiger partial charge in [-0.05, 0) is 13.0 Å². The smallest absolute Gasteiger partial charge is 0.343 e. The predicted molar refractivity (Wildman–Crippen MR) is 60.0 cm³/mol. The van der Waals surface area contributed by atoms with Crippen molar-refractivity contribution in [2.45, 2.75) is 13.1 Å². The highest BCUT2D eigenvalue weighted by Crippen LogP contribution is 2.24. The van der Waals surface area contributed by atoms with Crippen LogP contribution in [-0.2, 0) is 0 Å². The van der Waals surface area contributed by atoms with E-state index in [1.165, 1.54) is 10.7 Å². The van der Waals surface area contributed by atoms with Crippen LogP contribution >= 0.6 is 0 Å². The number of carbonyl (C=O) groups excluding carboxylic acids is 1. The van der Waals surface area contributed by atoms with Crippen LogP contribution in [0.15, 0.2) is 18.5 Å². The summed E-state index contributed by atoms with van der Waals surface area (Å²) >= 11 is 0. The Hall–Kier alpha value is -2.38. The first-order chi connectivity index (χ1) is 8.88. The first kappa shape index (κ1) is 11.7. The van der Waals surface area contributed by atoms with Crippen molar-refractivity contribution in [3.05, 3.63) is 29.7 Å². The highest BCUT2D eigenvalue weighted by atomic mass is 19.4. The van der Waals surface area contributed by atoms with E-state index in [2.05, 4.69) is 15.1 Å².